The smallest absolute Gasteiger partial charge is 0.240 e. The number of carbonyl (C=O) groups excluding carboxylic acids is 2. The fraction of sp³-hybridized carbons (Fsp3) is 0.500. The van der Waals surface area contributed by atoms with Crippen LogP contribution in [0.1, 0.15) is 38.3 Å². The molecule has 4 nitrogen and oxygen atoms in total. The van der Waals surface area contributed by atoms with Crippen LogP contribution in [0.2, 0.25) is 0 Å². The van der Waals surface area contributed by atoms with Crippen LogP contribution in [-0.2, 0) is 9.59 Å². The molecule has 20 heavy (non-hydrogen) atoms. The van der Waals surface area contributed by atoms with Gasteiger partial charge in [0, 0.05) is 13.0 Å². The van der Waals surface area contributed by atoms with Gasteiger partial charge in [0.2, 0.25) is 11.8 Å². The summed E-state index contributed by atoms with van der Waals surface area (Å²) < 4.78 is 0. The minimum atomic E-state index is -0.128. The molecule has 110 valence electrons. The van der Waals surface area contributed by atoms with E-state index in [1.807, 2.05) is 45.9 Å². The first-order valence-corrected chi connectivity index (χ1v) is 7.00. The molecule has 1 aromatic rings. The van der Waals surface area contributed by atoms with Crippen LogP contribution in [0.15, 0.2) is 18.2 Å². The maximum Gasteiger partial charge on any atom is 0.240 e. The molecule has 0 aromatic heterocycles. The van der Waals surface area contributed by atoms with Crippen LogP contribution in [0, 0.1) is 13.8 Å². The van der Waals surface area contributed by atoms with Crippen LogP contribution >= 0.6 is 0 Å². The summed E-state index contributed by atoms with van der Waals surface area (Å²) >= 11 is 0. The molecule has 1 aromatic carbocycles. The lowest BCUT2D eigenvalue weighted by Gasteiger charge is -2.25. The number of carbonyl (C=O) groups is 2. The molecule has 1 rings (SSSR count). The van der Waals surface area contributed by atoms with Crippen molar-refractivity contribution in [3.8, 4) is 0 Å². The van der Waals surface area contributed by atoms with Crippen molar-refractivity contribution in [3.63, 3.8) is 0 Å². The Kier molecular flexibility index (Phi) is 5.74. The Bertz CT molecular complexity index is 477. The molecule has 0 aliphatic rings. The van der Waals surface area contributed by atoms with Crippen molar-refractivity contribution >= 4 is 17.5 Å². The van der Waals surface area contributed by atoms with Crippen LogP contribution < -0.4 is 10.2 Å². The van der Waals surface area contributed by atoms with Gasteiger partial charge in [0.05, 0.1) is 5.69 Å². The number of rotatable bonds is 5. The molecule has 1 N–H and O–H groups in total. The second-order valence-corrected chi connectivity index (χ2v) is 5.22. The number of benzene rings is 1. The number of nitrogens with zero attached hydrogens (tertiary/aromatic N) is 1. The molecule has 0 saturated carbocycles. The van der Waals surface area contributed by atoms with E-state index in [0.717, 1.165) is 23.2 Å². The summed E-state index contributed by atoms with van der Waals surface area (Å²) in [5.41, 5.74) is 2.83. The van der Waals surface area contributed by atoms with E-state index < -0.39 is 0 Å². The molecule has 0 radical (unpaired) electrons. The number of anilines is 1. The van der Waals surface area contributed by atoms with Gasteiger partial charge < -0.3 is 10.2 Å². The minimum Gasteiger partial charge on any atom is -0.352 e. The molecule has 0 heterocycles. The highest BCUT2D eigenvalue weighted by atomic mass is 16.2. The number of amides is 2. The molecule has 0 aliphatic carbocycles. The highest BCUT2D eigenvalue weighted by Crippen LogP contribution is 2.24. The predicted molar refractivity (Wildman–Crippen MR) is 81.8 cm³/mol. The van der Waals surface area contributed by atoms with Crippen LogP contribution in [-0.4, -0.2) is 24.4 Å². The lowest BCUT2D eigenvalue weighted by atomic mass is 10.1. The normalized spacial score (nSPS) is 11.8. The van der Waals surface area contributed by atoms with E-state index in [0.29, 0.717) is 0 Å². The first kappa shape index (κ1) is 16.2. The minimum absolute atomic E-state index is 0.0609. The third-order valence-corrected chi connectivity index (χ3v) is 3.41. The molecule has 4 heteroatoms. The fourth-order valence-corrected chi connectivity index (χ4v) is 2.15. The summed E-state index contributed by atoms with van der Waals surface area (Å²) in [5, 5.41) is 2.89. The first-order valence-electron chi connectivity index (χ1n) is 7.00. The number of aryl methyl sites for hydroxylation is 2. The Morgan fingerprint density at radius 2 is 1.80 bits per heavy atom. The van der Waals surface area contributed by atoms with E-state index in [9.17, 15) is 9.59 Å². The third-order valence-electron chi connectivity index (χ3n) is 3.41. The van der Waals surface area contributed by atoms with Gasteiger partial charge in [-0.15, -0.1) is 0 Å². The molecule has 0 bridgehead atoms. The van der Waals surface area contributed by atoms with Crippen molar-refractivity contribution < 1.29 is 9.59 Å². The van der Waals surface area contributed by atoms with Crippen molar-refractivity contribution in [1.82, 2.24) is 5.32 Å². The van der Waals surface area contributed by atoms with Gasteiger partial charge in [-0.3, -0.25) is 9.59 Å². The lowest BCUT2D eigenvalue weighted by Crippen LogP contribution is -2.43. The monoisotopic (exact) mass is 276 g/mol. The van der Waals surface area contributed by atoms with Crippen LogP contribution in [0.4, 0.5) is 5.69 Å². The van der Waals surface area contributed by atoms with E-state index in [1.165, 1.54) is 6.92 Å². The van der Waals surface area contributed by atoms with Gasteiger partial charge in [0.25, 0.3) is 0 Å². The zero-order valence-electron chi connectivity index (χ0n) is 13.0. The largest absolute Gasteiger partial charge is 0.352 e. The van der Waals surface area contributed by atoms with Gasteiger partial charge in [-0.1, -0.05) is 25.1 Å². The quantitative estimate of drug-likeness (QED) is 0.898. The number of hydrogen-bond donors (Lipinski definition) is 1. The number of nitrogens with one attached hydrogen (secondary N) is 1. The Balaban J connectivity index is 2.96. The molecular formula is C16H24N2O2. The number of hydrogen-bond acceptors (Lipinski definition) is 2. The maximum atomic E-state index is 12.0. The standard InChI is InChI=1S/C16H24N2O2/c1-6-13(4)17-15(20)10-18(14(5)19)16-11(2)8-7-9-12(16)3/h7-9,13H,6,10H2,1-5H3,(H,17,20). The van der Waals surface area contributed by atoms with Crippen LogP contribution in [0.5, 0.6) is 0 Å². The lowest BCUT2D eigenvalue weighted by molar-refractivity contribution is -0.123. The maximum absolute atomic E-state index is 12.0. The Morgan fingerprint density at radius 3 is 2.25 bits per heavy atom. The van der Waals surface area contributed by atoms with Crippen molar-refractivity contribution in [1.29, 1.82) is 0 Å². The van der Waals surface area contributed by atoms with Gasteiger partial charge in [-0.2, -0.15) is 0 Å². The Labute approximate surface area is 121 Å². The highest BCUT2D eigenvalue weighted by Gasteiger charge is 2.19. The molecule has 0 saturated heterocycles. The van der Waals surface area contributed by atoms with E-state index in [4.69, 9.17) is 0 Å². The summed E-state index contributed by atoms with van der Waals surface area (Å²) in [6, 6.07) is 5.97. The molecule has 2 amide bonds. The molecular weight excluding hydrogens is 252 g/mol. The van der Waals surface area contributed by atoms with Gasteiger partial charge in [-0.05, 0) is 38.3 Å². The second-order valence-electron chi connectivity index (χ2n) is 5.22. The van der Waals surface area contributed by atoms with E-state index in [-0.39, 0.29) is 24.4 Å². The van der Waals surface area contributed by atoms with Gasteiger partial charge in [0.1, 0.15) is 6.54 Å². The molecule has 0 aliphatic heterocycles. The van der Waals surface area contributed by atoms with Gasteiger partial charge in [-0.25, -0.2) is 0 Å². The van der Waals surface area contributed by atoms with Crippen molar-refractivity contribution in [2.24, 2.45) is 0 Å². The molecule has 0 spiro atoms. The predicted octanol–water partition coefficient (Wildman–Crippen LogP) is 2.57. The zero-order chi connectivity index (χ0) is 15.3. The van der Waals surface area contributed by atoms with Crippen LogP contribution in [0.3, 0.4) is 0 Å². The Morgan fingerprint density at radius 1 is 1.25 bits per heavy atom. The number of para-hydroxylation sites is 1. The zero-order valence-corrected chi connectivity index (χ0v) is 13.0. The van der Waals surface area contributed by atoms with Crippen molar-refractivity contribution in [3.05, 3.63) is 29.3 Å². The van der Waals surface area contributed by atoms with Crippen molar-refractivity contribution in [2.45, 2.75) is 47.1 Å². The van der Waals surface area contributed by atoms with Gasteiger partial charge >= 0.3 is 0 Å². The molecule has 1 unspecified atom stereocenters. The first-order chi connectivity index (χ1) is 9.36. The van der Waals surface area contributed by atoms with E-state index in [1.54, 1.807) is 4.90 Å². The summed E-state index contributed by atoms with van der Waals surface area (Å²) in [4.78, 5) is 25.4. The molecule has 1 atom stereocenters. The highest BCUT2D eigenvalue weighted by molar-refractivity contribution is 5.98. The van der Waals surface area contributed by atoms with Crippen molar-refractivity contribution in [2.75, 3.05) is 11.4 Å². The van der Waals surface area contributed by atoms with E-state index in [2.05, 4.69) is 5.32 Å². The van der Waals surface area contributed by atoms with Gasteiger partial charge in [0.15, 0.2) is 0 Å². The Hall–Kier alpha value is -1.84. The van der Waals surface area contributed by atoms with E-state index >= 15 is 0 Å². The SMILES string of the molecule is CCC(C)NC(=O)CN(C(C)=O)c1c(C)cccc1C. The average molecular weight is 276 g/mol. The topological polar surface area (TPSA) is 49.4 Å². The summed E-state index contributed by atoms with van der Waals surface area (Å²) in [5.74, 6) is -0.251. The summed E-state index contributed by atoms with van der Waals surface area (Å²) in [6.07, 6.45) is 0.870. The summed E-state index contributed by atoms with van der Waals surface area (Å²) in [6.45, 7) is 9.41. The summed E-state index contributed by atoms with van der Waals surface area (Å²) in [7, 11) is 0. The second kappa shape index (κ2) is 7.08. The fourth-order valence-electron chi connectivity index (χ4n) is 2.15. The average Bonchev–Trinajstić information content (AvgIpc) is 2.36. The third kappa shape index (κ3) is 4.08. The van der Waals surface area contributed by atoms with Crippen LogP contribution in [0.25, 0.3) is 0 Å². The molecule has 0 fully saturated rings.